The third kappa shape index (κ3) is 4.68. The van der Waals surface area contributed by atoms with E-state index in [9.17, 15) is 0 Å². The van der Waals surface area contributed by atoms with Crippen LogP contribution in [0.25, 0.3) is 76.2 Å². The predicted octanol–water partition coefficient (Wildman–Crippen LogP) is 11.8. The molecule has 0 atom stereocenters. The Kier molecular flexibility index (Phi) is 7.79. The van der Waals surface area contributed by atoms with Crippen LogP contribution in [-0.4, -0.2) is 14.5 Å². The normalized spacial score (nSPS) is 11.0. The van der Waals surface area contributed by atoms with Gasteiger partial charge in [0.2, 0.25) is 5.95 Å². The lowest BCUT2D eigenvalue weighted by atomic mass is 10.0. The number of hydrogen-bond donors (Lipinski definition) is 0. The summed E-state index contributed by atoms with van der Waals surface area (Å²) in [6.07, 6.45) is 1.94. The Morgan fingerprint density at radius 3 is 2.05 bits per heavy atom. The molecule has 0 saturated heterocycles. The molecule has 8 aromatic rings. The molecule has 3 nitrogen and oxygen atoms in total. The molecule has 4 heteroatoms. The van der Waals surface area contributed by atoms with Crippen LogP contribution in [0.2, 0.25) is 0 Å². The van der Waals surface area contributed by atoms with Crippen LogP contribution in [0.3, 0.4) is 0 Å². The average Bonchev–Trinajstić information content (AvgIpc) is 3.59. The molecule has 0 saturated carbocycles. The Morgan fingerprint density at radius 1 is 0.628 bits per heavy atom. The maximum absolute atomic E-state index is 5.22. The summed E-state index contributed by atoms with van der Waals surface area (Å²) >= 11 is 1.83. The van der Waals surface area contributed by atoms with Crippen molar-refractivity contribution in [2.24, 2.45) is 0 Å². The maximum Gasteiger partial charge on any atom is 0.235 e. The predicted molar refractivity (Wildman–Crippen MR) is 190 cm³/mol. The number of rotatable bonds is 3. The molecule has 0 N–H and O–H groups in total. The summed E-state index contributed by atoms with van der Waals surface area (Å²) in [6.45, 7) is 14.2. The minimum Gasteiger partial charge on any atom is -0.278 e. The number of fused-ring (bicyclic) bond motifs is 7. The minimum absolute atomic E-state index is 0.684. The van der Waals surface area contributed by atoms with Gasteiger partial charge in [-0.25, -0.2) is 9.97 Å². The molecule has 0 unspecified atom stereocenters. The third-order valence-electron chi connectivity index (χ3n) is 7.71. The first-order chi connectivity index (χ1) is 21.2. The van der Waals surface area contributed by atoms with Gasteiger partial charge in [0.05, 0.1) is 22.2 Å². The van der Waals surface area contributed by atoms with Gasteiger partial charge < -0.3 is 0 Å². The summed E-state index contributed by atoms with van der Waals surface area (Å²) in [5, 5.41) is 6.04. The Morgan fingerprint density at radius 2 is 1.28 bits per heavy atom. The molecule has 3 aromatic heterocycles. The van der Waals surface area contributed by atoms with E-state index in [1.807, 2.05) is 57.2 Å². The zero-order valence-corrected chi connectivity index (χ0v) is 26.2. The summed E-state index contributed by atoms with van der Waals surface area (Å²) < 4.78 is 4.77. The first kappa shape index (κ1) is 28.3. The molecule has 43 heavy (non-hydrogen) atoms. The highest BCUT2D eigenvalue weighted by atomic mass is 32.1. The summed E-state index contributed by atoms with van der Waals surface area (Å²) in [7, 11) is 0. The number of thiophene rings is 1. The zero-order chi connectivity index (χ0) is 30.1. The van der Waals surface area contributed by atoms with E-state index in [2.05, 4.69) is 109 Å². The van der Waals surface area contributed by atoms with Gasteiger partial charge in [0.15, 0.2) is 0 Å². The van der Waals surface area contributed by atoms with Crippen LogP contribution in [0.15, 0.2) is 110 Å². The number of para-hydroxylation sites is 2. The lowest BCUT2D eigenvalue weighted by Gasteiger charge is -2.11. The molecule has 0 fully saturated rings. The van der Waals surface area contributed by atoms with Gasteiger partial charge in [-0.05, 0) is 54.4 Å². The van der Waals surface area contributed by atoms with Crippen molar-refractivity contribution in [2.75, 3.05) is 0 Å². The van der Waals surface area contributed by atoms with Crippen molar-refractivity contribution in [1.82, 2.24) is 14.5 Å². The fourth-order valence-electron chi connectivity index (χ4n) is 5.82. The monoisotopic (exact) mass is 577 g/mol. The second-order valence-corrected chi connectivity index (χ2v) is 11.1. The Bertz CT molecular complexity index is 2250. The Labute approximate surface area is 256 Å². The van der Waals surface area contributed by atoms with Crippen molar-refractivity contribution in [3.63, 3.8) is 0 Å². The summed E-state index contributed by atoms with van der Waals surface area (Å²) in [5.74, 6) is 0.684. The number of benzene rings is 5. The van der Waals surface area contributed by atoms with E-state index < -0.39 is 0 Å². The van der Waals surface area contributed by atoms with Gasteiger partial charge in [0, 0.05) is 41.9 Å². The largest absolute Gasteiger partial charge is 0.278 e. The van der Waals surface area contributed by atoms with E-state index in [0.29, 0.717) is 5.95 Å². The van der Waals surface area contributed by atoms with Crippen LogP contribution in [0.4, 0.5) is 0 Å². The first-order valence-electron chi connectivity index (χ1n) is 15.0. The van der Waals surface area contributed by atoms with E-state index >= 15 is 0 Å². The van der Waals surface area contributed by atoms with Crippen LogP contribution >= 0.6 is 11.3 Å². The van der Waals surface area contributed by atoms with E-state index in [1.165, 1.54) is 42.1 Å². The van der Waals surface area contributed by atoms with E-state index in [4.69, 9.17) is 9.97 Å². The highest BCUT2D eigenvalue weighted by molar-refractivity contribution is 7.25. The van der Waals surface area contributed by atoms with Crippen LogP contribution in [-0.2, 0) is 0 Å². The van der Waals surface area contributed by atoms with Crippen LogP contribution in [0.5, 0.6) is 0 Å². The van der Waals surface area contributed by atoms with Crippen molar-refractivity contribution in [2.45, 2.75) is 34.6 Å². The van der Waals surface area contributed by atoms with Crippen molar-refractivity contribution >= 4 is 70.3 Å². The van der Waals surface area contributed by atoms with E-state index in [-0.39, 0.29) is 0 Å². The number of aryl methyl sites for hydroxylation is 1. The number of hydrogen-bond acceptors (Lipinski definition) is 3. The van der Waals surface area contributed by atoms with E-state index in [1.54, 1.807) is 0 Å². The lowest BCUT2D eigenvalue weighted by Crippen LogP contribution is -2.03. The molecule has 212 valence electrons. The van der Waals surface area contributed by atoms with Gasteiger partial charge in [-0.1, -0.05) is 107 Å². The fraction of sp³-hybridized carbons (Fsp3) is 0.128. The molecule has 0 aliphatic heterocycles. The topological polar surface area (TPSA) is 30.7 Å². The third-order valence-corrected chi connectivity index (χ3v) is 8.83. The number of nitrogens with zero attached hydrogens (tertiary/aromatic N) is 3. The molecular formula is C39H35N3S. The maximum atomic E-state index is 5.22. The van der Waals surface area contributed by atoms with Crippen molar-refractivity contribution in [1.29, 1.82) is 0 Å². The summed E-state index contributed by atoms with van der Waals surface area (Å²) in [4.78, 5) is 10.3. The van der Waals surface area contributed by atoms with Gasteiger partial charge >= 0.3 is 0 Å². The van der Waals surface area contributed by atoms with Gasteiger partial charge in [-0.15, -0.1) is 11.3 Å². The summed E-state index contributed by atoms with van der Waals surface area (Å²) in [6, 6.07) is 36.5. The summed E-state index contributed by atoms with van der Waals surface area (Å²) in [5.41, 5.74) is 7.61. The van der Waals surface area contributed by atoms with Crippen molar-refractivity contribution < 1.29 is 0 Å². The molecule has 0 aliphatic carbocycles. The fourth-order valence-corrected chi connectivity index (χ4v) is 6.97. The SMILES string of the molecule is C=Cc1cc2sc3cc4c(cc3c2cc1C)c1ccccc1n4-c1nc(-c2ccccc2)c2ccccc2n1.CC.CC. The lowest BCUT2D eigenvalue weighted by molar-refractivity contribution is 1.01. The van der Waals surface area contributed by atoms with Crippen molar-refractivity contribution in [3.05, 3.63) is 121 Å². The molecule has 3 heterocycles. The molecule has 5 aromatic carbocycles. The van der Waals surface area contributed by atoms with Crippen molar-refractivity contribution in [3.8, 4) is 17.2 Å². The molecular weight excluding hydrogens is 543 g/mol. The van der Waals surface area contributed by atoms with Gasteiger partial charge in [-0.3, -0.25) is 4.57 Å². The molecule has 0 aliphatic rings. The highest BCUT2D eigenvalue weighted by Crippen LogP contribution is 2.41. The minimum atomic E-state index is 0.684. The Hall–Kier alpha value is -4.80. The van der Waals surface area contributed by atoms with Gasteiger partial charge in [0.25, 0.3) is 0 Å². The van der Waals surface area contributed by atoms with E-state index in [0.717, 1.165) is 33.2 Å². The molecule has 0 bridgehead atoms. The quantitative estimate of drug-likeness (QED) is 0.209. The molecule has 8 rings (SSSR count). The second kappa shape index (κ2) is 11.8. The first-order valence-corrected chi connectivity index (χ1v) is 15.9. The zero-order valence-electron chi connectivity index (χ0n) is 25.3. The van der Waals surface area contributed by atoms with Crippen LogP contribution in [0, 0.1) is 6.92 Å². The smallest absolute Gasteiger partial charge is 0.235 e. The van der Waals surface area contributed by atoms with Crippen LogP contribution < -0.4 is 0 Å². The van der Waals surface area contributed by atoms with Gasteiger partial charge in [0.1, 0.15) is 0 Å². The average molecular weight is 578 g/mol. The highest BCUT2D eigenvalue weighted by Gasteiger charge is 2.19. The van der Waals surface area contributed by atoms with Crippen LogP contribution in [0.1, 0.15) is 38.8 Å². The second-order valence-electron chi connectivity index (χ2n) is 9.98. The molecule has 0 spiro atoms. The standard InChI is InChI=1S/C35H23N3S.2C2H6/c1-3-22-18-32-27(17-21(22)2)28-19-26-24-13-8-10-16-30(24)38(31(26)20-33(28)39-32)35-36-29-15-9-7-14-25(29)34(37-35)23-11-5-4-6-12-23;2*1-2/h3-20H,1H2,2H3;2*1-2H3. The van der Waals surface area contributed by atoms with Gasteiger partial charge in [-0.2, -0.15) is 0 Å². The molecule has 0 radical (unpaired) electrons. The number of aromatic nitrogens is 3. The molecule has 0 amide bonds. The Balaban J connectivity index is 0.000000792.